The third kappa shape index (κ3) is 3.93. The minimum absolute atomic E-state index is 0.0371. The van der Waals surface area contributed by atoms with Gasteiger partial charge in [-0.3, -0.25) is 4.79 Å². The van der Waals surface area contributed by atoms with Crippen LogP contribution in [0.4, 0.5) is 0 Å². The Bertz CT molecular complexity index is 362. The lowest BCUT2D eigenvalue weighted by Gasteiger charge is -2.22. The number of ether oxygens (including phenoxy) is 1. The number of methoxy groups -OCH3 is 1. The molecule has 0 aromatic heterocycles. The quantitative estimate of drug-likeness (QED) is 0.757. The largest absolute Gasteiger partial charge is 0.497 e. The molecule has 1 aromatic rings. The number of carbonyl (C=O) groups is 1. The molecule has 1 rings (SSSR count). The lowest BCUT2D eigenvalue weighted by molar-refractivity contribution is -0.130. The van der Waals surface area contributed by atoms with E-state index >= 15 is 0 Å². The van der Waals surface area contributed by atoms with E-state index in [9.17, 15) is 4.79 Å². The summed E-state index contributed by atoms with van der Waals surface area (Å²) >= 11 is 5.80. The lowest BCUT2D eigenvalue weighted by atomic mass is 10.2. The van der Waals surface area contributed by atoms with Crippen LogP contribution in [0.15, 0.2) is 24.3 Å². The number of amides is 1. The SMILES string of the molecule is CCN(Cc1ccc(OC)cc1)C(=O)C(C)Cl. The van der Waals surface area contributed by atoms with E-state index in [2.05, 4.69) is 0 Å². The van der Waals surface area contributed by atoms with E-state index in [1.54, 1.807) is 18.9 Å². The molecule has 4 heteroatoms. The van der Waals surface area contributed by atoms with Gasteiger partial charge in [-0.25, -0.2) is 0 Å². The average molecular weight is 256 g/mol. The van der Waals surface area contributed by atoms with Crippen molar-refractivity contribution in [2.45, 2.75) is 25.8 Å². The molecule has 0 aliphatic carbocycles. The van der Waals surface area contributed by atoms with Crippen molar-refractivity contribution in [1.29, 1.82) is 0 Å². The Labute approximate surface area is 107 Å². The Balaban J connectivity index is 2.70. The van der Waals surface area contributed by atoms with Crippen molar-refractivity contribution in [2.75, 3.05) is 13.7 Å². The Morgan fingerprint density at radius 2 is 2.00 bits per heavy atom. The van der Waals surface area contributed by atoms with E-state index < -0.39 is 5.38 Å². The molecule has 0 spiro atoms. The molecule has 94 valence electrons. The smallest absolute Gasteiger partial charge is 0.240 e. The van der Waals surface area contributed by atoms with Gasteiger partial charge in [0.05, 0.1) is 7.11 Å². The number of rotatable bonds is 5. The van der Waals surface area contributed by atoms with E-state index in [0.717, 1.165) is 11.3 Å². The first-order valence-corrected chi connectivity index (χ1v) is 6.08. The van der Waals surface area contributed by atoms with Crippen molar-refractivity contribution in [1.82, 2.24) is 4.90 Å². The fourth-order valence-corrected chi connectivity index (χ4v) is 1.69. The van der Waals surface area contributed by atoms with Crippen LogP contribution >= 0.6 is 11.6 Å². The molecular weight excluding hydrogens is 238 g/mol. The van der Waals surface area contributed by atoms with Gasteiger partial charge in [-0.05, 0) is 31.5 Å². The molecular formula is C13H18ClNO2. The zero-order valence-corrected chi connectivity index (χ0v) is 11.2. The second kappa shape index (κ2) is 6.50. The van der Waals surface area contributed by atoms with E-state index in [4.69, 9.17) is 16.3 Å². The summed E-state index contributed by atoms with van der Waals surface area (Å²) in [5, 5.41) is -0.479. The van der Waals surface area contributed by atoms with Crippen LogP contribution in [0, 0.1) is 0 Å². The third-order valence-corrected chi connectivity index (χ3v) is 2.75. The molecule has 0 N–H and O–H groups in total. The van der Waals surface area contributed by atoms with Crippen molar-refractivity contribution >= 4 is 17.5 Å². The number of nitrogens with zero attached hydrogens (tertiary/aromatic N) is 1. The van der Waals surface area contributed by atoms with Gasteiger partial charge in [0.15, 0.2) is 0 Å². The maximum absolute atomic E-state index is 11.8. The summed E-state index contributed by atoms with van der Waals surface area (Å²) in [6.07, 6.45) is 0. The second-order valence-corrected chi connectivity index (χ2v) is 4.47. The van der Waals surface area contributed by atoms with Gasteiger partial charge in [-0.15, -0.1) is 11.6 Å². The van der Waals surface area contributed by atoms with Gasteiger partial charge in [0, 0.05) is 13.1 Å². The summed E-state index contributed by atoms with van der Waals surface area (Å²) in [6, 6.07) is 7.68. The third-order valence-electron chi connectivity index (χ3n) is 2.57. The summed E-state index contributed by atoms with van der Waals surface area (Å²) in [5.74, 6) is 0.777. The fourth-order valence-electron chi connectivity index (χ4n) is 1.55. The zero-order valence-electron chi connectivity index (χ0n) is 10.4. The number of halogens is 1. The molecule has 17 heavy (non-hydrogen) atoms. The van der Waals surface area contributed by atoms with Crippen LogP contribution in [0.3, 0.4) is 0 Å². The standard InChI is InChI=1S/C13H18ClNO2/c1-4-15(13(16)10(2)14)9-11-5-7-12(17-3)8-6-11/h5-8,10H,4,9H2,1-3H3. The van der Waals surface area contributed by atoms with Crippen LogP contribution < -0.4 is 4.74 Å². The summed E-state index contributed by atoms with van der Waals surface area (Å²) in [5.41, 5.74) is 1.07. The Morgan fingerprint density at radius 3 is 2.41 bits per heavy atom. The summed E-state index contributed by atoms with van der Waals surface area (Å²) < 4.78 is 5.08. The molecule has 3 nitrogen and oxygen atoms in total. The predicted molar refractivity (Wildman–Crippen MR) is 69.4 cm³/mol. The highest BCUT2D eigenvalue weighted by Gasteiger charge is 2.16. The van der Waals surface area contributed by atoms with E-state index in [-0.39, 0.29) is 5.91 Å². The monoisotopic (exact) mass is 255 g/mol. The van der Waals surface area contributed by atoms with Gasteiger partial charge < -0.3 is 9.64 Å². The molecule has 0 aliphatic rings. The Kier molecular flexibility index (Phi) is 5.29. The topological polar surface area (TPSA) is 29.5 Å². The molecule has 0 bridgehead atoms. The first kappa shape index (κ1) is 13.8. The van der Waals surface area contributed by atoms with Crippen LogP contribution in [0.5, 0.6) is 5.75 Å². The lowest BCUT2D eigenvalue weighted by Crippen LogP contribution is -2.35. The average Bonchev–Trinajstić information content (AvgIpc) is 2.35. The molecule has 0 heterocycles. The maximum atomic E-state index is 11.8. The predicted octanol–water partition coefficient (Wildman–Crippen LogP) is 2.67. The van der Waals surface area contributed by atoms with Crippen molar-refractivity contribution in [3.63, 3.8) is 0 Å². The van der Waals surface area contributed by atoms with Gasteiger partial charge in [0.2, 0.25) is 5.91 Å². The molecule has 1 aromatic carbocycles. The number of hydrogen-bond donors (Lipinski definition) is 0. The van der Waals surface area contributed by atoms with E-state index in [0.29, 0.717) is 13.1 Å². The highest BCUT2D eigenvalue weighted by Crippen LogP contribution is 2.14. The van der Waals surface area contributed by atoms with Crippen LogP contribution in [0.2, 0.25) is 0 Å². The molecule has 1 amide bonds. The summed E-state index contributed by atoms with van der Waals surface area (Å²) in [4.78, 5) is 13.5. The van der Waals surface area contributed by atoms with Crippen LogP contribution in [0.25, 0.3) is 0 Å². The van der Waals surface area contributed by atoms with Gasteiger partial charge in [-0.2, -0.15) is 0 Å². The molecule has 0 saturated carbocycles. The van der Waals surface area contributed by atoms with Crippen molar-refractivity contribution in [2.24, 2.45) is 0 Å². The number of benzene rings is 1. The molecule has 0 aliphatic heterocycles. The van der Waals surface area contributed by atoms with Crippen LogP contribution in [-0.4, -0.2) is 29.8 Å². The normalized spacial score (nSPS) is 12.0. The molecule has 1 unspecified atom stereocenters. The van der Waals surface area contributed by atoms with Crippen LogP contribution in [-0.2, 0) is 11.3 Å². The maximum Gasteiger partial charge on any atom is 0.240 e. The molecule has 1 atom stereocenters. The highest BCUT2D eigenvalue weighted by molar-refractivity contribution is 6.30. The first-order valence-electron chi connectivity index (χ1n) is 5.64. The van der Waals surface area contributed by atoms with E-state index in [1.165, 1.54) is 0 Å². The second-order valence-electron chi connectivity index (χ2n) is 3.82. The zero-order chi connectivity index (χ0) is 12.8. The molecule has 0 radical (unpaired) electrons. The first-order chi connectivity index (χ1) is 8.08. The Hall–Kier alpha value is -1.22. The minimum Gasteiger partial charge on any atom is -0.497 e. The summed E-state index contributed by atoms with van der Waals surface area (Å²) in [6.45, 7) is 4.87. The Morgan fingerprint density at radius 1 is 1.41 bits per heavy atom. The van der Waals surface area contributed by atoms with Gasteiger partial charge >= 0.3 is 0 Å². The molecule has 0 fully saturated rings. The number of hydrogen-bond acceptors (Lipinski definition) is 2. The minimum atomic E-state index is -0.479. The number of alkyl halides is 1. The summed E-state index contributed by atoms with van der Waals surface area (Å²) in [7, 11) is 1.63. The van der Waals surface area contributed by atoms with E-state index in [1.807, 2.05) is 31.2 Å². The molecule has 0 saturated heterocycles. The van der Waals surface area contributed by atoms with Gasteiger partial charge in [-0.1, -0.05) is 12.1 Å². The van der Waals surface area contributed by atoms with Gasteiger partial charge in [0.25, 0.3) is 0 Å². The van der Waals surface area contributed by atoms with Crippen molar-refractivity contribution in [3.05, 3.63) is 29.8 Å². The fraction of sp³-hybridized carbons (Fsp3) is 0.462. The highest BCUT2D eigenvalue weighted by atomic mass is 35.5. The van der Waals surface area contributed by atoms with Crippen molar-refractivity contribution in [3.8, 4) is 5.75 Å². The number of carbonyl (C=O) groups excluding carboxylic acids is 1. The van der Waals surface area contributed by atoms with Crippen LogP contribution in [0.1, 0.15) is 19.4 Å². The van der Waals surface area contributed by atoms with Gasteiger partial charge in [0.1, 0.15) is 11.1 Å². The van der Waals surface area contributed by atoms with Crippen molar-refractivity contribution < 1.29 is 9.53 Å².